The van der Waals surface area contributed by atoms with E-state index in [0.717, 1.165) is 35.5 Å². The van der Waals surface area contributed by atoms with Crippen LogP contribution in [0.5, 0.6) is 23.0 Å². The van der Waals surface area contributed by atoms with E-state index in [1.807, 2.05) is 36.4 Å². The number of para-hydroxylation sites is 1. The van der Waals surface area contributed by atoms with Crippen molar-refractivity contribution in [2.75, 3.05) is 21.3 Å². The van der Waals surface area contributed by atoms with Crippen molar-refractivity contribution >= 4 is 5.96 Å². The molecule has 3 rings (SSSR count). The Balaban J connectivity index is 1.64. The van der Waals surface area contributed by atoms with Gasteiger partial charge in [-0.05, 0) is 49.4 Å². The predicted octanol–water partition coefficient (Wildman–Crippen LogP) is 3.64. The third-order valence-corrected chi connectivity index (χ3v) is 5.21. The zero-order chi connectivity index (χ0) is 21.3. The Bertz CT molecular complexity index is 864. The molecule has 1 aliphatic rings. The van der Waals surface area contributed by atoms with Crippen molar-refractivity contribution < 1.29 is 18.9 Å². The molecule has 0 heterocycles. The van der Waals surface area contributed by atoms with E-state index in [4.69, 9.17) is 24.7 Å². The maximum absolute atomic E-state index is 6.27. The monoisotopic (exact) mass is 413 g/mol. The zero-order valence-electron chi connectivity index (χ0n) is 17.9. The summed E-state index contributed by atoms with van der Waals surface area (Å²) in [5.74, 6) is 3.24. The van der Waals surface area contributed by atoms with Crippen LogP contribution in [0.1, 0.15) is 36.8 Å². The second-order valence-corrected chi connectivity index (χ2v) is 7.22. The van der Waals surface area contributed by atoms with Crippen molar-refractivity contribution in [3.05, 3.63) is 47.5 Å². The number of nitrogens with one attached hydrogen (secondary N) is 1. The van der Waals surface area contributed by atoms with Gasteiger partial charge in [-0.25, -0.2) is 4.99 Å². The van der Waals surface area contributed by atoms with Crippen molar-refractivity contribution in [1.82, 2.24) is 5.32 Å². The third kappa shape index (κ3) is 5.49. The lowest BCUT2D eigenvalue weighted by Gasteiger charge is -2.19. The first-order valence-corrected chi connectivity index (χ1v) is 10.2. The largest absolute Gasteiger partial charge is 0.493 e. The van der Waals surface area contributed by atoms with Gasteiger partial charge >= 0.3 is 0 Å². The molecule has 0 amide bonds. The van der Waals surface area contributed by atoms with E-state index in [1.54, 1.807) is 21.3 Å². The van der Waals surface area contributed by atoms with E-state index in [9.17, 15) is 0 Å². The maximum atomic E-state index is 6.27. The summed E-state index contributed by atoms with van der Waals surface area (Å²) in [5, 5.41) is 3.17. The molecule has 3 N–H and O–H groups in total. The second kappa shape index (κ2) is 10.6. The lowest BCUT2D eigenvalue weighted by Crippen LogP contribution is -2.31. The van der Waals surface area contributed by atoms with Gasteiger partial charge in [0.15, 0.2) is 29.0 Å². The molecule has 0 bridgehead atoms. The fraction of sp³-hybridized carbons (Fsp3) is 0.435. The van der Waals surface area contributed by atoms with Gasteiger partial charge in [0.25, 0.3) is 0 Å². The van der Waals surface area contributed by atoms with Crippen LogP contribution in [0.15, 0.2) is 41.4 Å². The molecule has 0 atom stereocenters. The molecule has 0 unspecified atom stereocenters. The molecule has 30 heavy (non-hydrogen) atoms. The average molecular weight is 414 g/mol. The first-order chi connectivity index (χ1) is 14.6. The fourth-order valence-electron chi connectivity index (χ4n) is 3.56. The van der Waals surface area contributed by atoms with Crippen molar-refractivity contribution in [2.45, 2.75) is 44.9 Å². The number of rotatable bonds is 9. The third-order valence-electron chi connectivity index (χ3n) is 5.21. The van der Waals surface area contributed by atoms with Gasteiger partial charge in [-0.15, -0.1) is 0 Å². The van der Waals surface area contributed by atoms with Gasteiger partial charge in [-0.3, -0.25) is 0 Å². The van der Waals surface area contributed by atoms with Crippen LogP contribution >= 0.6 is 0 Å². The minimum Gasteiger partial charge on any atom is -0.493 e. The SMILES string of the molecule is COc1ccc(CN=C(N)NCc2cccc(OC)c2OC2CCCC2)cc1OC. The fourth-order valence-corrected chi connectivity index (χ4v) is 3.56. The highest BCUT2D eigenvalue weighted by atomic mass is 16.5. The lowest BCUT2D eigenvalue weighted by molar-refractivity contribution is 0.198. The number of aliphatic imine (C=N–C) groups is 1. The van der Waals surface area contributed by atoms with E-state index < -0.39 is 0 Å². The van der Waals surface area contributed by atoms with Crippen molar-refractivity contribution in [2.24, 2.45) is 10.7 Å². The topological polar surface area (TPSA) is 87.3 Å². The first kappa shape index (κ1) is 21.6. The van der Waals surface area contributed by atoms with E-state index in [-0.39, 0.29) is 6.10 Å². The summed E-state index contributed by atoms with van der Waals surface area (Å²) in [6, 6.07) is 11.6. The lowest BCUT2D eigenvalue weighted by atomic mass is 10.1. The second-order valence-electron chi connectivity index (χ2n) is 7.22. The molecular formula is C23H31N3O4. The van der Waals surface area contributed by atoms with E-state index in [0.29, 0.717) is 30.5 Å². The number of benzene rings is 2. The minimum atomic E-state index is 0.246. The van der Waals surface area contributed by atoms with E-state index in [2.05, 4.69) is 10.3 Å². The molecule has 1 saturated carbocycles. The molecule has 7 heteroatoms. The Morgan fingerprint density at radius 1 is 1.00 bits per heavy atom. The number of guanidine groups is 1. The quantitative estimate of drug-likeness (QED) is 0.482. The summed E-state index contributed by atoms with van der Waals surface area (Å²) in [5.41, 5.74) is 8.06. The van der Waals surface area contributed by atoms with Crippen LogP contribution in [0.3, 0.4) is 0 Å². The number of hydrogen-bond acceptors (Lipinski definition) is 5. The molecule has 0 radical (unpaired) electrons. The highest BCUT2D eigenvalue weighted by molar-refractivity contribution is 5.78. The minimum absolute atomic E-state index is 0.246. The van der Waals surface area contributed by atoms with Crippen LogP contribution in [-0.2, 0) is 13.1 Å². The van der Waals surface area contributed by atoms with Crippen LogP contribution < -0.4 is 30.0 Å². The van der Waals surface area contributed by atoms with Crippen LogP contribution in [0.4, 0.5) is 0 Å². The summed E-state index contributed by atoms with van der Waals surface area (Å²) in [6.07, 6.45) is 4.84. The molecule has 0 aromatic heterocycles. The summed E-state index contributed by atoms with van der Waals surface area (Å²) in [4.78, 5) is 4.43. The van der Waals surface area contributed by atoms with Crippen LogP contribution in [0.25, 0.3) is 0 Å². The Hall–Kier alpha value is -3.09. The number of ether oxygens (including phenoxy) is 4. The molecule has 2 aromatic rings. The molecule has 0 spiro atoms. The van der Waals surface area contributed by atoms with Crippen molar-refractivity contribution in [1.29, 1.82) is 0 Å². The predicted molar refractivity (Wildman–Crippen MR) is 118 cm³/mol. The molecule has 162 valence electrons. The summed E-state index contributed by atoms with van der Waals surface area (Å²) >= 11 is 0. The molecule has 1 aliphatic carbocycles. The number of nitrogens with zero attached hydrogens (tertiary/aromatic N) is 1. The Kier molecular flexibility index (Phi) is 7.65. The van der Waals surface area contributed by atoms with Crippen molar-refractivity contribution in [3.63, 3.8) is 0 Å². The molecule has 0 saturated heterocycles. The average Bonchev–Trinajstić information content (AvgIpc) is 3.29. The highest BCUT2D eigenvalue weighted by Gasteiger charge is 2.20. The van der Waals surface area contributed by atoms with Gasteiger partial charge in [0.2, 0.25) is 0 Å². The van der Waals surface area contributed by atoms with Gasteiger partial charge in [-0.2, -0.15) is 0 Å². The molecular weight excluding hydrogens is 382 g/mol. The molecule has 2 aromatic carbocycles. The van der Waals surface area contributed by atoms with Gasteiger partial charge in [0.1, 0.15) is 0 Å². The van der Waals surface area contributed by atoms with Crippen LogP contribution in [0, 0.1) is 0 Å². The summed E-state index contributed by atoms with van der Waals surface area (Å²) < 4.78 is 22.4. The van der Waals surface area contributed by atoms with E-state index >= 15 is 0 Å². The molecule has 0 aliphatic heterocycles. The normalized spacial score (nSPS) is 14.4. The summed E-state index contributed by atoms with van der Waals surface area (Å²) in [6.45, 7) is 0.934. The Morgan fingerprint density at radius 3 is 2.43 bits per heavy atom. The Morgan fingerprint density at radius 2 is 1.73 bits per heavy atom. The number of nitrogens with two attached hydrogens (primary N) is 1. The van der Waals surface area contributed by atoms with Gasteiger partial charge < -0.3 is 30.0 Å². The van der Waals surface area contributed by atoms with Crippen LogP contribution in [0.2, 0.25) is 0 Å². The zero-order valence-corrected chi connectivity index (χ0v) is 17.9. The van der Waals surface area contributed by atoms with E-state index in [1.165, 1.54) is 12.8 Å². The molecule has 7 nitrogen and oxygen atoms in total. The number of hydrogen-bond donors (Lipinski definition) is 2. The molecule has 1 fully saturated rings. The Labute approximate surface area is 178 Å². The van der Waals surface area contributed by atoms with Gasteiger partial charge in [0.05, 0.1) is 34.0 Å². The van der Waals surface area contributed by atoms with Crippen LogP contribution in [-0.4, -0.2) is 33.4 Å². The van der Waals surface area contributed by atoms with Gasteiger partial charge in [0, 0.05) is 12.1 Å². The van der Waals surface area contributed by atoms with Crippen molar-refractivity contribution in [3.8, 4) is 23.0 Å². The standard InChI is InChI=1S/C23H31N3O4/c1-27-19-12-11-16(13-21(19)29-3)14-25-23(24)26-15-17-7-6-10-20(28-2)22(17)30-18-8-4-5-9-18/h6-7,10-13,18H,4-5,8-9,14-15H2,1-3H3,(H3,24,25,26). The first-order valence-electron chi connectivity index (χ1n) is 10.2. The number of methoxy groups -OCH3 is 3. The smallest absolute Gasteiger partial charge is 0.189 e. The maximum Gasteiger partial charge on any atom is 0.189 e. The highest BCUT2D eigenvalue weighted by Crippen LogP contribution is 2.34. The van der Waals surface area contributed by atoms with Gasteiger partial charge in [-0.1, -0.05) is 18.2 Å². The summed E-state index contributed by atoms with van der Waals surface area (Å²) in [7, 11) is 4.88.